The zero-order valence-electron chi connectivity index (χ0n) is 14.9. The van der Waals surface area contributed by atoms with Gasteiger partial charge in [0.2, 0.25) is 11.4 Å². The maximum atomic E-state index is 12.9. The highest BCUT2D eigenvalue weighted by molar-refractivity contribution is 6.20. The molecule has 1 aliphatic heterocycles. The van der Waals surface area contributed by atoms with Gasteiger partial charge in [0.15, 0.2) is 0 Å². The van der Waals surface area contributed by atoms with Gasteiger partial charge in [-0.25, -0.2) is 4.79 Å². The van der Waals surface area contributed by atoms with Crippen LogP contribution < -0.4 is 0 Å². The number of carbonyl (C=O) groups is 2. The summed E-state index contributed by atoms with van der Waals surface area (Å²) in [5, 5.41) is 11.2. The zero-order valence-corrected chi connectivity index (χ0v) is 14.9. The summed E-state index contributed by atoms with van der Waals surface area (Å²) in [6.45, 7) is 8.39. The van der Waals surface area contributed by atoms with Gasteiger partial charge >= 0.3 is 5.97 Å². The molecule has 2 fully saturated rings. The van der Waals surface area contributed by atoms with E-state index in [4.69, 9.17) is 4.74 Å². The van der Waals surface area contributed by atoms with Crippen LogP contribution in [0.15, 0.2) is 23.3 Å². The predicted molar refractivity (Wildman–Crippen MR) is 89.0 cm³/mol. The lowest BCUT2D eigenvalue weighted by Gasteiger charge is -2.49. The van der Waals surface area contributed by atoms with E-state index in [2.05, 4.69) is 19.9 Å². The molecule has 1 saturated heterocycles. The van der Waals surface area contributed by atoms with Crippen molar-refractivity contribution in [1.29, 1.82) is 0 Å². The summed E-state index contributed by atoms with van der Waals surface area (Å²) in [6.07, 6.45) is 7.15. The van der Waals surface area contributed by atoms with E-state index in [1.54, 1.807) is 0 Å². The molecule has 4 atom stereocenters. The minimum atomic E-state index is -2.02. The lowest BCUT2D eigenvalue weighted by Crippen LogP contribution is -2.56. The third-order valence-corrected chi connectivity index (χ3v) is 6.95. The Labute approximate surface area is 143 Å². The number of carbonyl (C=O) groups excluding carboxylic acids is 2. The van der Waals surface area contributed by atoms with Crippen LogP contribution in [0.25, 0.3) is 0 Å². The molecular formula is C20H26O4. The number of ether oxygens (including phenoxy) is 1. The van der Waals surface area contributed by atoms with Crippen molar-refractivity contribution >= 4 is 11.8 Å². The Balaban J connectivity index is 1.87. The van der Waals surface area contributed by atoms with Gasteiger partial charge in [-0.05, 0) is 54.1 Å². The SMILES string of the molecule is CC(C)C1=C[C@]23CC[C@@H]4C(=CCCC4(C)C)[C@H]2OC(=O)[C@]3(O)C1=O. The van der Waals surface area contributed by atoms with Crippen LogP contribution in [0.3, 0.4) is 0 Å². The van der Waals surface area contributed by atoms with Crippen molar-refractivity contribution in [3.63, 3.8) is 0 Å². The molecular weight excluding hydrogens is 304 g/mol. The maximum Gasteiger partial charge on any atom is 0.348 e. The molecule has 0 bridgehead atoms. The summed E-state index contributed by atoms with van der Waals surface area (Å²) in [5.74, 6) is -0.860. The number of hydrogen-bond acceptors (Lipinski definition) is 4. The third kappa shape index (κ3) is 1.63. The first-order chi connectivity index (χ1) is 11.1. The second-order valence-electron chi connectivity index (χ2n) is 8.94. The molecule has 130 valence electrons. The molecule has 24 heavy (non-hydrogen) atoms. The second kappa shape index (κ2) is 4.60. The van der Waals surface area contributed by atoms with Crippen LogP contribution in [0.2, 0.25) is 0 Å². The van der Waals surface area contributed by atoms with E-state index < -0.39 is 28.9 Å². The molecule has 1 heterocycles. The van der Waals surface area contributed by atoms with Crippen LogP contribution in [0, 0.1) is 22.7 Å². The van der Waals surface area contributed by atoms with Gasteiger partial charge in [-0.15, -0.1) is 0 Å². The highest BCUT2D eigenvalue weighted by atomic mass is 16.6. The van der Waals surface area contributed by atoms with Crippen molar-refractivity contribution in [2.75, 3.05) is 0 Å². The largest absolute Gasteiger partial charge is 0.454 e. The van der Waals surface area contributed by atoms with E-state index in [0.717, 1.165) is 24.8 Å². The average Bonchev–Trinajstić information content (AvgIpc) is 2.86. The topological polar surface area (TPSA) is 63.6 Å². The summed E-state index contributed by atoms with van der Waals surface area (Å²) >= 11 is 0. The van der Waals surface area contributed by atoms with Gasteiger partial charge in [0.25, 0.3) is 0 Å². The lowest BCUT2D eigenvalue weighted by molar-refractivity contribution is -0.161. The lowest BCUT2D eigenvalue weighted by atomic mass is 9.54. The Kier molecular flexibility index (Phi) is 3.08. The van der Waals surface area contributed by atoms with Crippen LogP contribution in [0.1, 0.15) is 53.4 Å². The Morgan fingerprint density at radius 2 is 1.96 bits per heavy atom. The van der Waals surface area contributed by atoms with E-state index in [1.807, 2.05) is 19.9 Å². The third-order valence-electron chi connectivity index (χ3n) is 6.95. The van der Waals surface area contributed by atoms with Crippen LogP contribution >= 0.6 is 0 Å². The number of aliphatic hydroxyl groups is 1. The average molecular weight is 330 g/mol. The fourth-order valence-corrected chi connectivity index (χ4v) is 5.50. The van der Waals surface area contributed by atoms with E-state index in [1.165, 1.54) is 0 Å². The maximum absolute atomic E-state index is 12.9. The molecule has 0 aromatic carbocycles. The standard InChI is InChI=1S/C20H26O4/c1-11(2)13-10-19-9-7-14-12(6-5-8-18(14,3)4)16(19)24-17(22)20(19,23)15(13)21/h6,10-11,14,16,23H,5,7-9H2,1-4H3/t14-,16-,19-,20-/m1/s1. The van der Waals surface area contributed by atoms with E-state index >= 15 is 0 Å². The van der Waals surface area contributed by atoms with Crippen molar-refractivity contribution in [2.45, 2.75) is 65.1 Å². The highest BCUT2D eigenvalue weighted by Crippen LogP contribution is 2.63. The summed E-state index contributed by atoms with van der Waals surface area (Å²) in [5.41, 5.74) is -1.07. The Hall–Kier alpha value is -1.42. The summed E-state index contributed by atoms with van der Waals surface area (Å²) < 4.78 is 5.66. The van der Waals surface area contributed by atoms with Crippen LogP contribution in [-0.2, 0) is 14.3 Å². The number of esters is 1. The second-order valence-corrected chi connectivity index (χ2v) is 8.94. The molecule has 3 aliphatic carbocycles. The smallest absolute Gasteiger partial charge is 0.348 e. The van der Waals surface area contributed by atoms with Crippen LogP contribution in [-0.4, -0.2) is 28.6 Å². The number of ketones is 1. The quantitative estimate of drug-likeness (QED) is 0.456. The van der Waals surface area contributed by atoms with Gasteiger partial charge in [-0.1, -0.05) is 39.8 Å². The molecule has 4 rings (SSSR count). The summed E-state index contributed by atoms with van der Waals surface area (Å²) in [6, 6.07) is 0. The number of rotatable bonds is 1. The number of Topliss-reactive ketones (excluding diaryl/α,β-unsaturated/α-hetero) is 1. The van der Waals surface area contributed by atoms with E-state index in [0.29, 0.717) is 17.9 Å². The molecule has 1 N–H and O–H groups in total. The minimum Gasteiger partial charge on any atom is -0.454 e. The minimum absolute atomic E-state index is 0.00977. The van der Waals surface area contributed by atoms with Gasteiger partial charge < -0.3 is 9.84 Å². The van der Waals surface area contributed by atoms with Gasteiger partial charge in [-0.3, -0.25) is 4.79 Å². The number of fused-ring (bicyclic) bond motifs is 2. The molecule has 0 aromatic rings. The fourth-order valence-electron chi connectivity index (χ4n) is 5.50. The Bertz CT molecular complexity index is 698. The van der Waals surface area contributed by atoms with Gasteiger partial charge in [0.05, 0.1) is 5.41 Å². The Morgan fingerprint density at radius 1 is 1.25 bits per heavy atom. The van der Waals surface area contributed by atoms with Crippen molar-refractivity contribution in [2.24, 2.45) is 22.7 Å². The number of allylic oxidation sites excluding steroid dienone is 1. The van der Waals surface area contributed by atoms with Gasteiger partial charge in [-0.2, -0.15) is 0 Å². The normalized spacial score (nSPS) is 42.9. The summed E-state index contributed by atoms with van der Waals surface area (Å²) in [7, 11) is 0. The Morgan fingerprint density at radius 3 is 2.62 bits per heavy atom. The fraction of sp³-hybridized carbons (Fsp3) is 0.700. The zero-order chi connectivity index (χ0) is 17.5. The van der Waals surface area contributed by atoms with Crippen molar-refractivity contribution in [1.82, 2.24) is 0 Å². The van der Waals surface area contributed by atoms with E-state index in [-0.39, 0.29) is 11.3 Å². The highest BCUT2D eigenvalue weighted by Gasteiger charge is 2.75. The van der Waals surface area contributed by atoms with Crippen LogP contribution in [0.4, 0.5) is 0 Å². The molecule has 1 spiro atoms. The van der Waals surface area contributed by atoms with Crippen LogP contribution in [0.5, 0.6) is 0 Å². The van der Waals surface area contributed by atoms with Crippen molar-refractivity contribution in [3.05, 3.63) is 23.3 Å². The number of hydrogen-bond donors (Lipinski definition) is 1. The first-order valence-corrected chi connectivity index (χ1v) is 9.06. The molecule has 4 aliphatic rings. The first-order valence-electron chi connectivity index (χ1n) is 9.06. The molecule has 0 amide bonds. The molecule has 4 heteroatoms. The van der Waals surface area contributed by atoms with Crippen molar-refractivity contribution < 1.29 is 19.4 Å². The van der Waals surface area contributed by atoms with Crippen molar-refractivity contribution in [3.8, 4) is 0 Å². The predicted octanol–water partition coefficient (Wildman–Crippen LogP) is 2.95. The van der Waals surface area contributed by atoms with Gasteiger partial charge in [0, 0.05) is 0 Å². The van der Waals surface area contributed by atoms with Gasteiger partial charge in [0.1, 0.15) is 6.10 Å². The molecule has 1 saturated carbocycles. The summed E-state index contributed by atoms with van der Waals surface area (Å²) in [4.78, 5) is 25.5. The van der Waals surface area contributed by atoms with E-state index in [9.17, 15) is 14.7 Å². The monoisotopic (exact) mass is 330 g/mol. The molecule has 0 radical (unpaired) electrons. The molecule has 0 unspecified atom stereocenters. The first kappa shape index (κ1) is 16.1. The molecule has 0 aromatic heterocycles. The molecule has 4 nitrogen and oxygen atoms in total.